The molecule has 0 unspecified atom stereocenters. The van der Waals surface area contributed by atoms with Gasteiger partial charge in [-0.3, -0.25) is 0 Å². The lowest BCUT2D eigenvalue weighted by Crippen LogP contribution is -2.13. The van der Waals surface area contributed by atoms with Crippen molar-refractivity contribution in [2.45, 2.75) is 13.1 Å². The third-order valence-electron chi connectivity index (χ3n) is 2.53. The van der Waals surface area contributed by atoms with Gasteiger partial charge in [-0.25, -0.2) is 0 Å². The molecule has 18 heavy (non-hydrogen) atoms. The molecular formula is C13H13Cl2NO2. The molecule has 1 N–H and O–H groups in total. The van der Waals surface area contributed by atoms with Gasteiger partial charge in [0.25, 0.3) is 0 Å². The fourth-order valence-corrected chi connectivity index (χ4v) is 2.05. The molecule has 2 aromatic rings. The average molecular weight is 286 g/mol. The second kappa shape index (κ2) is 6.14. The fraction of sp³-hybridized carbons (Fsp3) is 0.231. The molecule has 1 heterocycles. The van der Waals surface area contributed by atoms with Crippen molar-refractivity contribution in [2.24, 2.45) is 0 Å². The summed E-state index contributed by atoms with van der Waals surface area (Å²) in [7, 11) is 1.63. The number of rotatable bonds is 5. The molecule has 0 atom stereocenters. The highest BCUT2D eigenvalue weighted by Crippen LogP contribution is 2.26. The Balaban J connectivity index is 1.98. The van der Waals surface area contributed by atoms with Crippen molar-refractivity contribution in [3.05, 3.63) is 51.9 Å². The van der Waals surface area contributed by atoms with E-state index in [9.17, 15) is 0 Å². The molecule has 1 aromatic heterocycles. The summed E-state index contributed by atoms with van der Waals surface area (Å²) in [5.41, 5.74) is 0.930. The van der Waals surface area contributed by atoms with Gasteiger partial charge in [-0.15, -0.1) is 0 Å². The zero-order valence-corrected chi connectivity index (χ0v) is 11.4. The van der Waals surface area contributed by atoms with E-state index in [1.54, 1.807) is 13.2 Å². The third-order valence-corrected chi connectivity index (χ3v) is 3.08. The van der Waals surface area contributed by atoms with Crippen LogP contribution in [0.4, 0.5) is 0 Å². The maximum atomic E-state index is 6.13. The number of halogens is 2. The number of ether oxygens (including phenoxy) is 1. The molecule has 0 saturated carbocycles. The first-order valence-electron chi connectivity index (χ1n) is 5.47. The van der Waals surface area contributed by atoms with Crippen LogP contribution in [0.5, 0.6) is 5.75 Å². The van der Waals surface area contributed by atoms with E-state index < -0.39 is 0 Å². The van der Waals surface area contributed by atoms with E-state index >= 15 is 0 Å². The van der Waals surface area contributed by atoms with Gasteiger partial charge in [-0.2, -0.15) is 0 Å². The highest BCUT2D eigenvalue weighted by Gasteiger charge is 2.07. The summed E-state index contributed by atoms with van der Waals surface area (Å²) >= 11 is 11.8. The molecular weight excluding hydrogens is 273 g/mol. The van der Waals surface area contributed by atoms with Crippen LogP contribution in [0.3, 0.4) is 0 Å². The Morgan fingerprint density at radius 2 is 2.00 bits per heavy atom. The monoisotopic (exact) mass is 285 g/mol. The van der Waals surface area contributed by atoms with E-state index in [0.29, 0.717) is 23.3 Å². The molecule has 0 bridgehead atoms. The van der Waals surface area contributed by atoms with Crippen LogP contribution in [-0.2, 0) is 13.1 Å². The number of nitrogens with one attached hydrogen (secondary N) is 1. The maximum absolute atomic E-state index is 6.13. The summed E-state index contributed by atoms with van der Waals surface area (Å²) in [5, 5.41) is 4.30. The van der Waals surface area contributed by atoms with Gasteiger partial charge in [-0.05, 0) is 35.9 Å². The average Bonchev–Trinajstić information content (AvgIpc) is 2.77. The van der Waals surface area contributed by atoms with Gasteiger partial charge in [0.05, 0.1) is 13.7 Å². The van der Waals surface area contributed by atoms with Crippen LogP contribution in [0.15, 0.2) is 34.7 Å². The molecule has 0 aliphatic rings. The molecule has 0 radical (unpaired) electrons. The number of methoxy groups -OCH3 is 1. The first-order valence-corrected chi connectivity index (χ1v) is 6.22. The highest BCUT2D eigenvalue weighted by molar-refractivity contribution is 6.31. The Hall–Kier alpha value is -1.16. The normalized spacial score (nSPS) is 10.6. The number of hydrogen-bond acceptors (Lipinski definition) is 3. The quantitative estimate of drug-likeness (QED) is 0.905. The maximum Gasteiger partial charge on any atom is 0.193 e. The third kappa shape index (κ3) is 3.19. The van der Waals surface area contributed by atoms with Crippen LogP contribution < -0.4 is 10.1 Å². The standard InChI is InChI=1S/C13H13Cl2NO2/c1-17-12-4-2-3-11(14)10(12)8-16-7-9-5-6-13(15)18-9/h2-6,16H,7-8H2,1H3. The topological polar surface area (TPSA) is 34.4 Å². The lowest BCUT2D eigenvalue weighted by Gasteiger charge is -2.10. The SMILES string of the molecule is COc1cccc(Cl)c1CNCc1ccc(Cl)o1. The van der Waals surface area contributed by atoms with Crippen LogP contribution in [0, 0.1) is 0 Å². The van der Waals surface area contributed by atoms with E-state index in [4.69, 9.17) is 32.4 Å². The molecule has 1 aromatic carbocycles. The molecule has 0 aliphatic heterocycles. The number of hydrogen-bond donors (Lipinski definition) is 1. The molecule has 2 rings (SSSR count). The summed E-state index contributed by atoms with van der Waals surface area (Å²) < 4.78 is 10.5. The molecule has 0 aliphatic carbocycles. The van der Waals surface area contributed by atoms with Gasteiger partial charge in [0.2, 0.25) is 0 Å². The minimum Gasteiger partial charge on any atom is -0.496 e. The summed E-state index contributed by atoms with van der Waals surface area (Å²) in [6.07, 6.45) is 0. The molecule has 0 fully saturated rings. The first kappa shape index (κ1) is 13.3. The zero-order chi connectivity index (χ0) is 13.0. The van der Waals surface area contributed by atoms with Crippen molar-refractivity contribution in [1.82, 2.24) is 5.32 Å². The number of furan rings is 1. The second-order valence-electron chi connectivity index (χ2n) is 3.73. The fourth-order valence-electron chi connectivity index (χ4n) is 1.66. The van der Waals surface area contributed by atoms with Gasteiger partial charge in [0.1, 0.15) is 11.5 Å². The van der Waals surface area contributed by atoms with Gasteiger partial charge >= 0.3 is 0 Å². The second-order valence-corrected chi connectivity index (χ2v) is 4.51. The molecule has 3 nitrogen and oxygen atoms in total. The van der Waals surface area contributed by atoms with Crippen LogP contribution in [0.2, 0.25) is 10.2 Å². The zero-order valence-electron chi connectivity index (χ0n) is 9.87. The first-order chi connectivity index (χ1) is 8.70. The Bertz CT molecular complexity index is 525. The summed E-state index contributed by atoms with van der Waals surface area (Å²) in [6.45, 7) is 1.18. The summed E-state index contributed by atoms with van der Waals surface area (Å²) in [4.78, 5) is 0. The van der Waals surface area contributed by atoms with Crippen LogP contribution in [-0.4, -0.2) is 7.11 Å². The predicted molar refractivity (Wildman–Crippen MR) is 72.3 cm³/mol. The van der Waals surface area contributed by atoms with Crippen molar-refractivity contribution in [3.63, 3.8) is 0 Å². The highest BCUT2D eigenvalue weighted by atomic mass is 35.5. The van der Waals surface area contributed by atoms with Gasteiger partial charge in [-0.1, -0.05) is 17.7 Å². The van der Waals surface area contributed by atoms with Crippen LogP contribution in [0.1, 0.15) is 11.3 Å². The van der Waals surface area contributed by atoms with Crippen LogP contribution in [0.25, 0.3) is 0 Å². The number of benzene rings is 1. The van der Waals surface area contributed by atoms with Gasteiger partial charge in [0, 0.05) is 17.1 Å². The molecule has 0 amide bonds. The molecule has 0 saturated heterocycles. The lowest BCUT2D eigenvalue weighted by molar-refractivity contribution is 0.406. The smallest absolute Gasteiger partial charge is 0.193 e. The van der Waals surface area contributed by atoms with Crippen molar-refractivity contribution in [1.29, 1.82) is 0 Å². The predicted octanol–water partition coefficient (Wildman–Crippen LogP) is 3.88. The Morgan fingerprint density at radius 1 is 1.17 bits per heavy atom. The Morgan fingerprint density at radius 3 is 2.67 bits per heavy atom. The Kier molecular flexibility index (Phi) is 4.53. The van der Waals surface area contributed by atoms with Gasteiger partial charge < -0.3 is 14.5 Å². The van der Waals surface area contributed by atoms with E-state index in [2.05, 4.69) is 5.32 Å². The van der Waals surface area contributed by atoms with Gasteiger partial charge in [0.15, 0.2) is 5.22 Å². The van der Waals surface area contributed by atoms with E-state index in [-0.39, 0.29) is 0 Å². The lowest BCUT2D eigenvalue weighted by atomic mass is 10.2. The molecule has 5 heteroatoms. The van der Waals surface area contributed by atoms with Crippen molar-refractivity contribution < 1.29 is 9.15 Å². The molecule has 96 valence electrons. The minimum atomic E-state index is 0.391. The van der Waals surface area contributed by atoms with Crippen molar-refractivity contribution in [3.8, 4) is 5.75 Å². The largest absolute Gasteiger partial charge is 0.496 e. The van der Waals surface area contributed by atoms with E-state index in [1.165, 1.54) is 0 Å². The van der Waals surface area contributed by atoms with E-state index in [0.717, 1.165) is 17.1 Å². The van der Waals surface area contributed by atoms with E-state index in [1.807, 2.05) is 24.3 Å². The molecule has 0 spiro atoms. The minimum absolute atomic E-state index is 0.391. The van der Waals surface area contributed by atoms with Crippen LogP contribution >= 0.6 is 23.2 Å². The summed E-state index contributed by atoms with van der Waals surface area (Å²) in [6, 6.07) is 9.13. The van der Waals surface area contributed by atoms with Crippen molar-refractivity contribution >= 4 is 23.2 Å². The Labute approximate surface area is 116 Å². The van der Waals surface area contributed by atoms with Crippen molar-refractivity contribution in [2.75, 3.05) is 7.11 Å². The summed E-state index contributed by atoms with van der Waals surface area (Å²) in [5.74, 6) is 1.55.